The van der Waals surface area contributed by atoms with Gasteiger partial charge in [0.2, 0.25) is 0 Å². The molecule has 3 nitrogen and oxygen atoms in total. The van der Waals surface area contributed by atoms with E-state index < -0.39 is 12.1 Å². The highest BCUT2D eigenvalue weighted by Gasteiger charge is 2.43. The predicted octanol–water partition coefficient (Wildman–Crippen LogP) is 2.37. The Balaban J connectivity index is 2.25. The Labute approximate surface area is 106 Å². The lowest BCUT2D eigenvalue weighted by molar-refractivity contribution is -0.186. The van der Waals surface area contributed by atoms with E-state index in [-0.39, 0.29) is 18.1 Å². The first kappa shape index (κ1) is 13.0. The number of nitrogens with two attached hydrogens (primary N) is 1. The number of nitrogen functional groups attached to an aromatic ring is 1. The zero-order valence-electron chi connectivity index (χ0n) is 9.22. The van der Waals surface area contributed by atoms with Gasteiger partial charge in [-0.2, -0.15) is 13.2 Å². The third-order valence-electron chi connectivity index (χ3n) is 2.86. The average Bonchev–Trinajstić information content (AvgIpc) is 2.28. The van der Waals surface area contributed by atoms with Crippen LogP contribution in [0.25, 0.3) is 0 Å². The van der Waals surface area contributed by atoms with E-state index in [0.717, 1.165) is 10.5 Å². The number of carbonyl (C=O) groups excluding carboxylic acids is 1. The summed E-state index contributed by atoms with van der Waals surface area (Å²) in [5.74, 6) is -1.82. The van der Waals surface area contributed by atoms with E-state index in [1.54, 1.807) is 6.07 Å². The van der Waals surface area contributed by atoms with E-state index in [9.17, 15) is 18.0 Å². The zero-order chi connectivity index (χ0) is 13.5. The van der Waals surface area contributed by atoms with E-state index in [4.69, 9.17) is 17.3 Å². The van der Waals surface area contributed by atoms with Gasteiger partial charge in [-0.3, -0.25) is 4.79 Å². The first-order valence-electron chi connectivity index (χ1n) is 5.22. The normalized spacial score (nSPS) is 15.4. The molecule has 1 amide bonds. The monoisotopic (exact) mass is 278 g/mol. The van der Waals surface area contributed by atoms with Crippen LogP contribution in [0.5, 0.6) is 0 Å². The van der Waals surface area contributed by atoms with Gasteiger partial charge in [0.15, 0.2) is 0 Å². The van der Waals surface area contributed by atoms with Crippen molar-refractivity contribution in [3.8, 4) is 0 Å². The van der Waals surface area contributed by atoms with Crippen molar-refractivity contribution < 1.29 is 18.0 Å². The van der Waals surface area contributed by atoms with Crippen molar-refractivity contribution in [3.63, 3.8) is 0 Å². The van der Waals surface area contributed by atoms with Gasteiger partial charge in [0, 0.05) is 13.1 Å². The second kappa shape index (κ2) is 4.35. The number of nitrogens with zero attached hydrogens (tertiary/aromatic N) is 1. The van der Waals surface area contributed by atoms with Crippen LogP contribution in [-0.4, -0.2) is 23.5 Å². The van der Waals surface area contributed by atoms with Crippen molar-refractivity contribution in [3.05, 3.63) is 28.3 Å². The number of amides is 1. The van der Waals surface area contributed by atoms with Crippen LogP contribution < -0.4 is 5.73 Å². The van der Waals surface area contributed by atoms with Crippen LogP contribution in [0.1, 0.15) is 11.1 Å². The van der Waals surface area contributed by atoms with Crippen LogP contribution in [0.15, 0.2) is 12.1 Å². The highest BCUT2D eigenvalue weighted by Crippen LogP contribution is 2.29. The lowest BCUT2D eigenvalue weighted by atomic mass is 9.99. The SMILES string of the molecule is Nc1cc2c(cc1Cl)CN(C(=O)C(F)(F)F)CC2. The van der Waals surface area contributed by atoms with E-state index in [1.807, 2.05) is 0 Å². The van der Waals surface area contributed by atoms with Crippen LogP contribution >= 0.6 is 11.6 Å². The van der Waals surface area contributed by atoms with E-state index >= 15 is 0 Å². The molecular formula is C11H10ClF3N2O. The molecule has 7 heteroatoms. The fourth-order valence-electron chi connectivity index (χ4n) is 1.95. The summed E-state index contributed by atoms with van der Waals surface area (Å²) in [6.45, 7) is -0.0555. The molecule has 0 aromatic heterocycles. The largest absolute Gasteiger partial charge is 0.471 e. The molecule has 98 valence electrons. The Morgan fingerprint density at radius 3 is 2.61 bits per heavy atom. The maximum atomic E-state index is 12.3. The molecule has 1 aliphatic rings. The number of hydrogen-bond acceptors (Lipinski definition) is 2. The maximum Gasteiger partial charge on any atom is 0.471 e. The Morgan fingerprint density at radius 2 is 2.00 bits per heavy atom. The number of anilines is 1. The fraction of sp³-hybridized carbons (Fsp3) is 0.364. The van der Waals surface area contributed by atoms with Gasteiger partial charge in [0.25, 0.3) is 0 Å². The fourth-order valence-corrected chi connectivity index (χ4v) is 2.14. The smallest absolute Gasteiger partial charge is 0.398 e. The Morgan fingerprint density at radius 1 is 1.33 bits per heavy atom. The molecule has 1 aromatic carbocycles. The molecule has 2 N–H and O–H groups in total. The number of carbonyl (C=O) groups is 1. The summed E-state index contributed by atoms with van der Waals surface area (Å²) in [7, 11) is 0. The van der Waals surface area contributed by atoms with Crippen molar-refractivity contribution >= 4 is 23.2 Å². The first-order chi connectivity index (χ1) is 8.29. The standard InChI is InChI=1S/C11H10ClF3N2O/c12-8-3-7-5-17(10(18)11(13,14)15)2-1-6(7)4-9(8)16/h3-4H,1-2,5,16H2. The van der Waals surface area contributed by atoms with Crippen molar-refractivity contribution in [2.24, 2.45) is 0 Å². The van der Waals surface area contributed by atoms with Gasteiger partial charge in [-0.1, -0.05) is 11.6 Å². The Kier molecular flexibility index (Phi) is 3.14. The molecule has 0 spiro atoms. The third-order valence-corrected chi connectivity index (χ3v) is 3.19. The molecule has 0 fully saturated rings. The maximum absolute atomic E-state index is 12.3. The molecule has 18 heavy (non-hydrogen) atoms. The number of rotatable bonds is 0. The average molecular weight is 279 g/mol. The molecule has 0 saturated carbocycles. The summed E-state index contributed by atoms with van der Waals surface area (Å²) in [6.07, 6.45) is -4.49. The molecule has 2 rings (SSSR count). The summed E-state index contributed by atoms with van der Waals surface area (Å²) < 4.78 is 36.9. The minimum absolute atomic E-state index is 0.0341. The minimum atomic E-state index is -4.84. The highest BCUT2D eigenvalue weighted by molar-refractivity contribution is 6.33. The summed E-state index contributed by atoms with van der Waals surface area (Å²) in [5.41, 5.74) is 7.46. The van der Waals surface area contributed by atoms with E-state index in [1.165, 1.54) is 6.07 Å². The molecule has 0 radical (unpaired) electrons. The summed E-state index contributed by atoms with van der Waals surface area (Å²) in [5, 5.41) is 0.287. The molecule has 1 aromatic rings. The summed E-state index contributed by atoms with van der Waals surface area (Å²) in [6, 6.07) is 3.16. The van der Waals surface area contributed by atoms with Crippen LogP contribution in [-0.2, 0) is 17.8 Å². The Bertz CT molecular complexity index is 502. The highest BCUT2D eigenvalue weighted by atomic mass is 35.5. The number of hydrogen-bond donors (Lipinski definition) is 1. The van der Waals surface area contributed by atoms with Gasteiger partial charge >= 0.3 is 12.1 Å². The van der Waals surface area contributed by atoms with Gasteiger partial charge in [-0.25, -0.2) is 0 Å². The molecule has 0 bridgehead atoms. The van der Waals surface area contributed by atoms with Crippen LogP contribution in [0, 0.1) is 0 Å². The molecule has 0 unspecified atom stereocenters. The Hall–Kier alpha value is -1.43. The predicted molar refractivity (Wildman–Crippen MR) is 61.0 cm³/mol. The van der Waals surface area contributed by atoms with Crippen LogP contribution in [0.2, 0.25) is 5.02 Å². The molecule has 1 aliphatic heterocycles. The van der Waals surface area contributed by atoms with Gasteiger partial charge in [-0.05, 0) is 29.7 Å². The van der Waals surface area contributed by atoms with Crippen molar-refractivity contribution in [2.45, 2.75) is 19.1 Å². The minimum Gasteiger partial charge on any atom is -0.398 e. The first-order valence-corrected chi connectivity index (χ1v) is 5.59. The van der Waals surface area contributed by atoms with E-state index in [0.29, 0.717) is 17.7 Å². The summed E-state index contributed by atoms with van der Waals surface area (Å²) >= 11 is 5.81. The zero-order valence-corrected chi connectivity index (χ0v) is 9.98. The molecule has 0 atom stereocenters. The quantitative estimate of drug-likeness (QED) is 0.741. The van der Waals surface area contributed by atoms with Gasteiger partial charge in [0.05, 0.1) is 10.7 Å². The lowest BCUT2D eigenvalue weighted by Gasteiger charge is -2.29. The van der Waals surface area contributed by atoms with Crippen molar-refractivity contribution in [2.75, 3.05) is 12.3 Å². The third kappa shape index (κ3) is 2.38. The van der Waals surface area contributed by atoms with Crippen molar-refractivity contribution in [1.82, 2.24) is 4.90 Å². The summed E-state index contributed by atoms with van der Waals surface area (Å²) in [4.78, 5) is 11.9. The number of benzene rings is 1. The number of fused-ring (bicyclic) bond motifs is 1. The van der Waals surface area contributed by atoms with E-state index in [2.05, 4.69) is 0 Å². The molecule has 1 heterocycles. The van der Waals surface area contributed by atoms with Crippen LogP contribution in [0.4, 0.5) is 18.9 Å². The van der Waals surface area contributed by atoms with Crippen LogP contribution in [0.3, 0.4) is 0 Å². The number of halogens is 4. The van der Waals surface area contributed by atoms with Gasteiger partial charge in [-0.15, -0.1) is 0 Å². The topological polar surface area (TPSA) is 46.3 Å². The number of alkyl halides is 3. The van der Waals surface area contributed by atoms with Crippen molar-refractivity contribution in [1.29, 1.82) is 0 Å². The van der Waals surface area contributed by atoms with Gasteiger partial charge in [0.1, 0.15) is 0 Å². The molecule has 0 saturated heterocycles. The molecular weight excluding hydrogens is 269 g/mol. The second-order valence-electron chi connectivity index (χ2n) is 4.12. The lowest BCUT2D eigenvalue weighted by Crippen LogP contribution is -2.43. The second-order valence-corrected chi connectivity index (χ2v) is 4.52. The molecule has 0 aliphatic carbocycles. The van der Waals surface area contributed by atoms with Gasteiger partial charge < -0.3 is 10.6 Å².